The number of hydrogen-bond donors (Lipinski definition) is 1. The Morgan fingerprint density at radius 3 is 2.65 bits per heavy atom. The molecule has 0 saturated carbocycles. The lowest BCUT2D eigenvalue weighted by atomic mass is 10.1. The van der Waals surface area contributed by atoms with Gasteiger partial charge in [-0.1, -0.05) is 40.5 Å². The zero-order valence-corrected chi connectivity index (χ0v) is 10.4. The van der Waals surface area contributed by atoms with Crippen molar-refractivity contribution in [3.05, 3.63) is 44.3 Å². The van der Waals surface area contributed by atoms with Gasteiger partial charge in [0.15, 0.2) is 0 Å². The third-order valence-corrected chi connectivity index (χ3v) is 2.80. The highest BCUT2D eigenvalue weighted by Gasteiger charge is 2.13. The maximum atomic E-state index is 10.9. The predicted octanol–water partition coefficient (Wildman–Crippen LogP) is 3.86. The first kappa shape index (κ1) is 13.7. The van der Waals surface area contributed by atoms with Crippen molar-refractivity contribution in [3.8, 4) is 0 Å². The van der Waals surface area contributed by atoms with E-state index in [4.69, 9.17) is 28.3 Å². The molecule has 1 atom stereocenters. The molecule has 1 rings (SSSR count). The van der Waals surface area contributed by atoms with Crippen LogP contribution in [0.3, 0.4) is 0 Å². The minimum absolute atomic E-state index is 0.0394. The number of carbonyl (C=O) groups is 1. The first-order chi connectivity index (χ1) is 7.97. The molecule has 0 aromatic heterocycles. The molecule has 4 nitrogen and oxygen atoms in total. The minimum Gasteiger partial charge on any atom is -0.478 e. The smallest absolute Gasteiger partial charge is 0.337 e. The summed E-state index contributed by atoms with van der Waals surface area (Å²) in [5.41, 5.74) is 0.325. The van der Waals surface area contributed by atoms with E-state index < -0.39 is 12.0 Å². The van der Waals surface area contributed by atoms with Crippen LogP contribution in [0.1, 0.15) is 22.8 Å². The standard InChI is InChI=1S/C11H9Cl2NO3/c1-6(14-17)2-3-7-9(12)5-4-8(10(7)13)11(15)16/h2-6H,1H3,(H,15,16). The zero-order valence-electron chi connectivity index (χ0n) is 8.85. The van der Waals surface area contributed by atoms with E-state index in [0.29, 0.717) is 10.6 Å². The molecule has 0 bridgehead atoms. The van der Waals surface area contributed by atoms with Gasteiger partial charge in [-0.25, -0.2) is 4.79 Å². The van der Waals surface area contributed by atoms with Crippen LogP contribution in [0.2, 0.25) is 10.0 Å². The minimum atomic E-state index is -1.14. The van der Waals surface area contributed by atoms with Crippen molar-refractivity contribution in [2.24, 2.45) is 5.18 Å². The van der Waals surface area contributed by atoms with E-state index >= 15 is 0 Å². The summed E-state index contributed by atoms with van der Waals surface area (Å²) in [6, 6.07) is 2.23. The summed E-state index contributed by atoms with van der Waals surface area (Å²) in [5.74, 6) is -1.14. The van der Waals surface area contributed by atoms with Crippen molar-refractivity contribution in [3.63, 3.8) is 0 Å². The van der Waals surface area contributed by atoms with Gasteiger partial charge in [-0.2, -0.15) is 4.91 Å². The maximum Gasteiger partial charge on any atom is 0.337 e. The van der Waals surface area contributed by atoms with Crippen LogP contribution >= 0.6 is 23.2 Å². The second-order valence-electron chi connectivity index (χ2n) is 3.33. The average Bonchev–Trinajstić information content (AvgIpc) is 2.27. The summed E-state index contributed by atoms with van der Waals surface area (Å²) in [5, 5.41) is 12.0. The summed E-state index contributed by atoms with van der Waals surface area (Å²) in [7, 11) is 0. The maximum absolute atomic E-state index is 10.9. The van der Waals surface area contributed by atoms with Crippen LogP contribution in [0.4, 0.5) is 0 Å². The van der Waals surface area contributed by atoms with Crippen molar-refractivity contribution in [1.82, 2.24) is 0 Å². The van der Waals surface area contributed by atoms with Crippen LogP contribution in [-0.2, 0) is 0 Å². The highest BCUT2D eigenvalue weighted by atomic mass is 35.5. The van der Waals surface area contributed by atoms with Gasteiger partial charge in [0.05, 0.1) is 10.6 Å². The molecule has 0 amide bonds. The molecule has 0 heterocycles. The van der Waals surface area contributed by atoms with Gasteiger partial charge in [0.25, 0.3) is 0 Å². The fraction of sp³-hybridized carbons (Fsp3) is 0.182. The normalized spacial score (nSPS) is 12.6. The molecule has 1 aromatic rings. The number of nitrogens with zero attached hydrogens (tertiary/aromatic N) is 1. The Morgan fingerprint density at radius 2 is 2.12 bits per heavy atom. The topological polar surface area (TPSA) is 66.7 Å². The van der Waals surface area contributed by atoms with Crippen LogP contribution in [0.25, 0.3) is 6.08 Å². The Balaban J connectivity index is 3.23. The average molecular weight is 274 g/mol. The SMILES string of the molecule is CC(C=Cc1c(Cl)ccc(C(=O)O)c1Cl)N=O. The first-order valence-electron chi connectivity index (χ1n) is 4.69. The quantitative estimate of drug-likeness (QED) is 0.847. The van der Waals surface area contributed by atoms with E-state index in [2.05, 4.69) is 5.18 Å². The fourth-order valence-corrected chi connectivity index (χ4v) is 1.74. The summed E-state index contributed by atoms with van der Waals surface area (Å²) in [4.78, 5) is 21.1. The van der Waals surface area contributed by atoms with Crippen LogP contribution in [0.5, 0.6) is 0 Å². The Hall–Kier alpha value is -1.39. The van der Waals surface area contributed by atoms with Gasteiger partial charge in [-0.05, 0) is 19.1 Å². The Bertz CT molecular complexity index is 486. The number of nitroso groups, excluding NO2 is 1. The number of carboxylic acids is 1. The van der Waals surface area contributed by atoms with Crippen molar-refractivity contribution in [1.29, 1.82) is 0 Å². The van der Waals surface area contributed by atoms with Crippen molar-refractivity contribution < 1.29 is 9.90 Å². The van der Waals surface area contributed by atoms with Gasteiger partial charge in [0.1, 0.15) is 6.04 Å². The summed E-state index contributed by atoms with van der Waals surface area (Å²) < 4.78 is 0. The predicted molar refractivity (Wildman–Crippen MR) is 67.7 cm³/mol. The third-order valence-electron chi connectivity index (χ3n) is 2.06. The van der Waals surface area contributed by atoms with E-state index in [1.54, 1.807) is 6.92 Å². The highest BCUT2D eigenvalue weighted by molar-refractivity contribution is 6.39. The summed E-state index contributed by atoms with van der Waals surface area (Å²) in [6.45, 7) is 1.59. The van der Waals surface area contributed by atoms with Crippen molar-refractivity contribution >= 4 is 35.2 Å². The molecule has 0 aliphatic heterocycles. The largest absolute Gasteiger partial charge is 0.478 e. The molecule has 1 unspecified atom stereocenters. The Morgan fingerprint density at radius 1 is 1.47 bits per heavy atom. The van der Waals surface area contributed by atoms with Crippen LogP contribution in [0, 0.1) is 4.91 Å². The van der Waals surface area contributed by atoms with Crippen molar-refractivity contribution in [2.45, 2.75) is 13.0 Å². The molecule has 90 valence electrons. The number of halogens is 2. The number of benzene rings is 1. The zero-order chi connectivity index (χ0) is 13.0. The van der Waals surface area contributed by atoms with E-state index in [0.717, 1.165) is 0 Å². The number of hydrogen-bond acceptors (Lipinski definition) is 3. The number of carboxylic acid groups (broad SMARTS) is 1. The molecule has 0 aliphatic rings. The van der Waals surface area contributed by atoms with E-state index in [1.165, 1.54) is 24.3 Å². The molecule has 1 N–H and O–H groups in total. The molecule has 0 spiro atoms. The molecule has 0 saturated heterocycles. The van der Waals surface area contributed by atoms with Crippen LogP contribution < -0.4 is 0 Å². The van der Waals surface area contributed by atoms with Crippen molar-refractivity contribution in [2.75, 3.05) is 0 Å². The monoisotopic (exact) mass is 273 g/mol. The molecule has 0 aliphatic carbocycles. The lowest BCUT2D eigenvalue weighted by molar-refractivity contribution is 0.0697. The second kappa shape index (κ2) is 5.80. The molecule has 6 heteroatoms. The van der Waals surface area contributed by atoms with Gasteiger partial charge >= 0.3 is 5.97 Å². The van der Waals surface area contributed by atoms with Gasteiger partial charge in [-0.15, -0.1) is 0 Å². The number of rotatable bonds is 4. The van der Waals surface area contributed by atoms with E-state index in [-0.39, 0.29) is 10.6 Å². The Labute approximate surface area is 108 Å². The van der Waals surface area contributed by atoms with Gasteiger partial charge in [-0.3, -0.25) is 0 Å². The molecule has 1 aromatic carbocycles. The van der Waals surface area contributed by atoms with Gasteiger partial charge in [0, 0.05) is 10.6 Å². The Kier molecular flexibility index (Phi) is 4.66. The second-order valence-corrected chi connectivity index (χ2v) is 4.12. The summed E-state index contributed by atoms with van der Waals surface area (Å²) >= 11 is 11.8. The molecular formula is C11H9Cl2NO3. The van der Waals surface area contributed by atoms with Gasteiger partial charge in [0.2, 0.25) is 0 Å². The van der Waals surface area contributed by atoms with E-state index in [1.807, 2.05) is 0 Å². The summed E-state index contributed by atoms with van der Waals surface area (Å²) in [6.07, 6.45) is 2.98. The fourth-order valence-electron chi connectivity index (χ4n) is 1.16. The third kappa shape index (κ3) is 3.28. The highest BCUT2D eigenvalue weighted by Crippen LogP contribution is 2.29. The lowest BCUT2D eigenvalue weighted by Gasteiger charge is -2.05. The van der Waals surface area contributed by atoms with Gasteiger partial charge < -0.3 is 5.11 Å². The first-order valence-corrected chi connectivity index (χ1v) is 5.45. The number of aromatic carboxylic acids is 1. The molecular weight excluding hydrogens is 265 g/mol. The molecule has 0 fully saturated rings. The lowest BCUT2D eigenvalue weighted by Crippen LogP contribution is -1.99. The molecule has 17 heavy (non-hydrogen) atoms. The van der Waals surface area contributed by atoms with E-state index in [9.17, 15) is 9.70 Å². The molecule has 0 radical (unpaired) electrons. The van der Waals surface area contributed by atoms with Crippen LogP contribution in [0.15, 0.2) is 23.4 Å². The van der Waals surface area contributed by atoms with Crippen LogP contribution in [-0.4, -0.2) is 17.1 Å².